The van der Waals surface area contributed by atoms with Gasteiger partial charge in [0, 0.05) is 71.6 Å². The molecule has 0 radical (unpaired) electrons. The van der Waals surface area contributed by atoms with Gasteiger partial charge in [-0.2, -0.15) is 0 Å². The van der Waals surface area contributed by atoms with Gasteiger partial charge in [-0.05, 0) is 34.9 Å². The van der Waals surface area contributed by atoms with Crippen molar-refractivity contribution in [1.82, 2.24) is 19.9 Å². The number of hydrogen-bond acceptors (Lipinski definition) is 7. The van der Waals surface area contributed by atoms with Crippen LogP contribution < -0.4 is 0 Å². The Morgan fingerprint density at radius 2 is 0.630 bits per heavy atom. The van der Waals surface area contributed by atoms with Crippen LogP contribution in [0.2, 0.25) is 0 Å². The topological polar surface area (TPSA) is 93.1 Å². The molecule has 0 saturated carbocycles. The fraction of sp³-hybridized carbons (Fsp3) is 0.0769. The normalized spacial score (nSPS) is 10.9. The van der Waals surface area contributed by atoms with Gasteiger partial charge in [-0.25, -0.2) is 0 Å². The Kier molecular flexibility index (Phi) is 9.33. The number of nitrogens with zero attached hydrogens (tertiary/aromatic N) is 4. The Morgan fingerprint density at radius 3 is 0.848 bits per heavy atom. The van der Waals surface area contributed by atoms with Crippen molar-refractivity contribution in [3.63, 3.8) is 0 Å². The van der Waals surface area contributed by atoms with E-state index in [4.69, 9.17) is 15.0 Å². The van der Waals surface area contributed by atoms with E-state index in [2.05, 4.69) is 4.90 Å². The minimum absolute atomic E-state index is 0.581. The molecule has 0 spiro atoms. The maximum atomic E-state index is 11.0. The first-order valence-corrected chi connectivity index (χ1v) is 14.8. The predicted molar refractivity (Wildman–Crippen MR) is 178 cm³/mol. The van der Waals surface area contributed by atoms with Crippen molar-refractivity contribution < 1.29 is 14.4 Å². The average Bonchev–Trinajstić information content (AvgIpc) is 3.13. The fourth-order valence-electron chi connectivity index (χ4n) is 5.18. The van der Waals surface area contributed by atoms with Crippen LogP contribution in [0.15, 0.2) is 128 Å². The molecule has 6 rings (SSSR count). The lowest BCUT2D eigenvalue weighted by molar-refractivity contribution is 0.111. The largest absolute Gasteiger partial charge is 0.298 e. The molecule has 0 fully saturated rings. The maximum Gasteiger partial charge on any atom is 0.150 e. The maximum absolute atomic E-state index is 11.0. The number of rotatable bonds is 12. The molecule has 3 aromatic carbocycles. The number of pyridine rings is 3. The first-order chi connectivity index (χ1) is 22.6. The van der Waals surface area contributed by atoms with Gasteiger partial charge >= 0.3 is 0 Å². The van der Waals surface area contributed by atoms with Gasteiger partial charge in [-0.15, -0.1) is 0 Å². The van der Waals surface area contributed by atoms with Gasteiger partial charge in [-0.1, -0.05) is 91.0 Å². The van der Waals surface area contributed by atoms with Crippen LogP contribution in [-0.2, 0) is 19.6 Å². The lowest BCUT2D eigenvalue weighted by atomic mass is 10.1. The molecule has 6 aromatic rings. The molecule has 0 aliphatic heterocycles. The summed E-state index contributed by atoms with van der Waals surface area (Å²) in [6.07, 6.45) is 8.08. The molecule has 0 saturated heterocycles. The van der Waals surface area contributed by atoms with E-state index in [1.54, 1.807) is 36.4 Å². The van der Waals surface area contributed by atoms with E-state index >= 15 is 0 Å². The smallest absolute Gasteiger partial charge is 0.150 e. The van der Waals surface area contributed by atoms with Crippen LogP contribution in [0, 0.1) is 0 Å². The van der Waals surface area contributed by atoms with E-state index in [9.17, 15) is 14.4 Å². The van der Waals surface area contributed by atoms with Gasteiger partial charge in [0.1, 0.15) is 18.9 Å². The molecule has 3 aromatic heterocycles. The summed E-state index contributed by atoms with van der Waals surface area (Å²) >= 11 is 0. The van der Waals surface area contributed by atoms with Gasteiger partial charge in [-0.3, -0.25) is 34.2 Å². The van der Waals surface area contributed by atoms with Crippen molar-refractivity contribution >= 4 is 18.9 Å². The highest BCUT2D eigenvalue weighted by atomic mass is 16.1. The van der Waals surface area contributed by atoms with Gasteiger partial charge in [0.25, 0.3) is 0 Å². The molecule has 0 aliphatic rings. The van der Waals surface area contributed by atoms with E-state index in [-0.39, 0.29) is 0 Å². The molecule has 7 nitrogen and oxygen atoms in total. The summed E-state index contributed by atoms with van der Waals surface area (Å²) in [4.78, 5) is 49.6. The lowest BCUT2D eigenvalue weighted by Crippen LogP contribution is -2.24. The zero-order valence-corrected chi connectivity index (χ0v) is 25.0. The van der Waals surface area contributed by atoms with Crippen LogP contribution in [0.3, 0.4) is 0 Å². The third kappa shape index (κ3) is 7.41. The number of aromatic nitrogens is 3. The highest BCUT2D eigenvalue weighted by Gasteiger charge is 2.13. The van der Waals surface area contributed by atoms with Crippen molar-refractivity contribution in [2.24, 2.45) is 0 Å². The zero-order chi connectivity index (χ0) is 31.7. The monoisotopic (exact) mass is 602 g/mol. The van der Waals surface area contributed by atoms with Crippen molar-refractivity contribution in [3.05, 3.63) is 162 Å². The molecule has 0 aliphatic carbocycles. The molecular formula is C39H30N4O3. The van der Waals surface area contributed by atoms with Crippen LogP contribution in [-0.4, -0.2) is 38.7 Å². The van der Waals surface area contributed by atoms with E-state index in [1.165, 1.54) is 0 Å². The van der Waals surface area contributed by atoms with Crippen LogP contribution >= 0.6 is 0 Å². The standard InChI is InChI=1S/C39H30N4O3/c44-25-28-1-7-31(8-2-28)34-13-16-37(40-19-34)22-43(23-38-17-14-35(20-41-38)32-9-3-29(26-45)4-10-32)24-39-18-15-36(21-42-39)33-11-5-30(27-46)6-12-33/h1-21,25-27H,22-24H2. The third-order valence-corrected chi connectivity index (χ3v) is 7.77. The van der Waals surface area contributed by atoms with E-state index < -0.39 is 0 Å². The Balaban J connectivity index is 1.21. The summed E-state index contributed by atoms with van der Waals surface area (Å²) in [6.45, 7) is 1.74. The number of carbonyl (C=O) groups excluding carboxylic acids is 3. The summed E-state index contributed by atoms with van der Waals surface area (Å²) in [5.74, 6) is 0. The molecule has 7 heteroatoms. The van der Waals surface area contributed by atoms with E-state index in [1.807, 2.05) is 91.4 Å². The summed E-state index contributed by atoms with van der Waals surface area (Å²) in [5.41, 5.74) is 10.6. The second kappa shape index (κ2) is 14.2. The summed E-state index contributed by atoms with van der Waals surface area (Å²) in [5, 5.41) is 0. The molecule has 3 heterocycles. The third-order valence-electron chi connectivity index (χ3n) is 7.77. The minimum atomic E-state index is 0.581. The predicted octanol–water partition coefficient (Wildman–Crippen LogP) is 7.51. The van der Waals surface area contributed by atoms with Gasteiger partial charge in [0.15, 0.2) is 0 Å². The van der Waals surface area contributed by atoms with Crippen molar-refractivity contribution in [1.29, 1.82) is 0 Å². The molecule has 46 heavy (non-hydrogen) atoms. The second-order valence-corrected chi connectivity index (χ2v) is 11.0. The number of aldehydes is 3. The highest BCUT2D eigenvalue weighted by molar-refractivity contribution is 5.78. The fourth-order valence-corrected chi connectivity index (χ4v) is 5.18. The van der Waals surface area contributed by atoms with Crippen molar-refractivity contribution in [3.8, 4) is 33.4 Å². The van der Waals surface area contributed by atoms with Gasteiger partial charge in [0.2, 0.25) is 0 Å². The van der Waals surface area contributed by atoms with Crippen molar-refractivity contribution in [2.75, 3.05) is 0 Å². The Bertz CT molecular complexity index is 1690. The molecule has 0 unspecified atom stereocenters. The highest BCUT2D eigenvalue weighted by Crippen LogP contribution is 2.23. The molecule has 0 atom stereocenters. The van der Waals surface area contributed by atoms with Crippen LogP contribution in [0.5, 0.6) is 0 Å². The van der Waals surface area contributed by atoms with Gasteiger partial charge in [0.05, 0.1) is 17.1 Å². The molecular weight excluding hydrogens is 572 g/mol. The average molecular weight is 603 g/mol. The second-order valence-electron chi connectivity index (χ2n) is 11.0. The number of benzene rings is 3. The Labute approximate surface area is 267 Å². The van der Waals surface area contributed by atoms with E-state index in [0.29, 0.717) is 36.3 Å². The minimum Gasteiger partial charge on any atom is -0.298 e. The van der Waals surface area contributed by atoms with Crippen molar-refractivity contribution in [2.45, 2.75) is 19.6 Å². The summed E-state index contributed by atoms with van der Waals surface area (Å²) in [7, 11) is 0. The number of carbonyl (C=O) groups is 3. The molecule has 0 bridgehead atoms. The molecule has 0 amide bonds. The lowest BCUT2D eigenvalue weighted by Gasteiger charge is -2.22. The molecule has 0 N–H and O–H groups in total. The Morgan fingerprint density at radius 1 is 0.370 bits per heavy atom. The van der Waals surface area contributed by atoms with Gasteiger partial charge < -0.3 is 0 Å². The number of hydrogen-bond donors (Lipinski definition) is 0. The quantitative estimate of drug-likeness (QED) is 0.134. The van der Waals surface area contributed by atoms with Crippen LogP contribution in [0.25, 0.3) is 33.4 Å². The Hall–Kier alpha value is -5.92. The molecule has 224 valence electrons. The van der Waals surface area contributed by atoms with Crippen LogP contribution in [0.4, 0.5) is 0 Å². The summed E-state index contributed by atoms with van der Waals surface area (Å²) in [6, 6.07) is 34.5. The first kappa shape index (κ1) is 30.1. The SMILES string of the molecule is O=Cc1ccc(-c2ccc(CN(Cc3ccc(-c4ccc(C=O)cc4)cn3)Cc3ccc(-c4ccc(C=O)cc4)cn3)nc2)cc1. The zero-order valence-electron chi connectivity index (χ0n) is 25.0. The first-order valence-electron chi connectivity index (χ1n) is 14.8. The van der Waals surface area contributed by atoms with Crippen LogP contribution in [0.1, 0.15) is 48.2 Å². The van der Waals surface area contributed by atoms with E-state index in [0.717, 1.165) is 69.3 Å². The summed E-state index contributed by atoms with van der Waals surface area (Å²) < 4.78 is 0.